The summed E-state index contributed by atoms with van der Waals surface area (Å²) in [5, 5.41) is 3.40. The summed E-state index contributed by atoms with van der Waals surface area (Å²) in [7, 11) is 1.65. The molecule has 1 atom stereocenters. The minimum atomic E-state index is 0.0829. The normalized spacial score (nSPS) is 12.0. The Morgan fingerprint density at radius 2 is 2.00 bits per heavy atom. The summed E-state index contributed by atoms with van der Waals surface area (Å²) >= 11 is 3.44. The van der Waals surface area contributed by atoms with Crippen LogP contribution in [0.3, 0.4) is 0 Å². The molecule has 0 amide bonds. The molecule has 0 bridgehead atoms. The maximum Gasteiger partial charge on any atom is 0.135 e. The molecule has 1 unspecified atom stereocenters. The highest BCUT2D eigenvalue weighted by Gasteiger charge is 2.11. The van der Waals surface area contributed by atoms with Crippen molar-refractivity contribution in [2.24, 2.45) is 0 Å². The minimum Gasteiger partial charge on any atom is -0.495 e. The van der Waals surface area contributed by atoms with Crippen molar-refractivity contribution in [3.8, 4) is 5.75 Å². The topological polar surface area (TPSA) is 47.0 Å². The molecule has 5 heteroatoms. The highest BCUT2D eigenvalue weighted by atomic mass is 79.9. The van der Waals surface area contributed by atoms with Crippen molar-refractivity contribution >= 4 is 21.6 Å². The van der Waals surface area contributed by atoms with Crippen LogP contribution < -0.4 is 10.1 Å². The standard InChI is InChI=1S/C14H16BrN3O/c1-9-14(17-7-6-16-9)10(2)18-11-4-5-12(15)13(8-11)19-3/h4-8,10,18H,1-3H3. The van der Waals surface area contributed by atoms with Gasteiger partial charge >= 0.3 is 0 Å². The van der Waals surface area contributed by atoms with E-state index in [2.05, 4.69) is 38.1 Å². The third-order valence-corrected chi connectivity index (χ3v) is 3.52. The van der Waals surface area contributed by atoms with Crippen molar-refractivity contribution in [1.29, 1.82) is 0 Å². The number of hydrogen-bond acceptors (Lipinski definition) is 4. The number of halogens is 1. The second-order valence-electron chi connectivity index (χ2n) is 4.24. The molecule has 4 nitrogen and oxygen atoms in total. The summed E-state index contributed by atoms with van der Waals surface area (Å²) in [6.07, 6.45) is 3.41. The van der Waals surface area contributed by atoms with Gasteiger partial charge < -0.3 is 10.1 Å². The molecule has 0 saturated heterocycles. The number of rotatable bonds is 4. The molecule has 2 rings (SSSR count). The molecule has 1 aromatic heterocycles. The first-order valence-electron chi connectivity index (χ1n) is 5.99. The molecular formula is C14H16BrN3O. The minimum absolute atomic E-state index is 0.0829. The first kappa shape index (κ1) is 13.8. The summed E-state index contributed by atoms with van der Waals surface area (Å²) in [4.78, 5) is 8.62. The zero-order valence-corrected chi connectivity index (χ0v) is 12.7. The molecule has 0 aliphatic rings. The van der Waals surface area contributed by atoms with E-state index in [9.17, 15) is 0 Å². The van der Waals surface area contributed by atoms with Crippen LogP contribution in [0.15, 0.2) is 35.1 Å². The van der Waals surface area contributed by atoms with Crippen LogP contribution >= 0.6 is 15.9 Å². The Hall–Kier alpha value is -1.62. The number of aryl methyl sites for hydroxylation is 1. The lowest BCUT2D eigenvalue weighted by Crippen LogP contribution is -2.11. The van der Waals surface area contributed by atoms with E-state index < -0.39 is 0 Å². The number of nitrogens with one attached hydrogen (secondary N) is 1. The molecule has 0 saturated carbocycles. The van der Waals surface area contributed by atoms with Gasteiger partial charge in [-0.25, -0.2) is 0 Å². The van der Waals surface area contributed by atoms with Crippen LogP contribution in [0.4, 0.5) is 5.69 Å². The van der Waals surface area contributed by atoms with Gasteiger partial charge in [0.15, 0.2) is 0 Å². The van der Waals surface area contributed by atoms with E-state index in [-0.39, 0.29) is 6.04 Å². The largest absolute Gasteiger partial charge is 0.495 e. The fourth-order valence-electron chi connectivity index (χ4n) is 1.91. The number of ether oxygens (including phenoxy) is 1. The highest BCUT2D eigenvalue weighted by molar-refractivity contribution is 9.10. The van der Waals surface area contributed by atoms with Gasteiger partial charge in [-0.2, -0.15) is 0 Å². The second kappa shape index (κ2) is 6.02. The van der Waals surface area contributed by atoms with E-state index in [4.69, 9.17) is 4.74 Å². The summed E-state index contributed by atoms with van der Waals surface area (Å²) < 4.78 is 6.22. The van der Waals surface area contributed by atoms with E-state index >= 15 is 0 Å². The lowest BCUT2D eigenvalue weighted by molar-refractivity contribution is 0.412. The van der Waals surface area contributed by atoms with Crippen molar-refractivity contribution in [3.63, 3.8) is 0 Å². The van der Waals surface area contributed by atoms with Crippen LogP contribution in [0.5, 0.6) is 5.75 Å². The van der Waals surface area contributed by atoms with Crippen LogP contribution in [0.2, 0.25) is 0 Å². The Balaban J connectivity index is 2.19. The van der Waals surface area contributed by atoms with E-state index in [0.717, 1.165) is 27.3 Å². The molecule has 100 valence electrons. The Morgan fingerprint density at radius 3 is 2.68 bits per heavy atom. The molecular weight excluding hydrogens is 306 g/mol. The van der Waals surface area contributed by atoms with E-state index in [1.807, 2.05) is 25.1 Å². The number of hydrogen-bond donors (Lipinski definition) is 1. The summed E-state index contributed by atoms with van der Waals surface area (Å²) in [5.74, 6) is 0.799. The third kappa shape index (κ3) is 3.23. The van der Waals surface area contributed by atoms with Crippen molar-refractivity contribution in [1.82, 2.24) is 9.97 Å². The molecule has 1 aromatic carbocycles. The van der Waals surface area contributed by atoms with Crippen LogP contribution in [0.1, 0.15) is 24.4 Å². The smallest absolute Gasteiger partial charge is 0.135 e. The Bertz CT molecular complexity index is 574. The predicted molar refractivity (Wildman–Crippen MR) is 79.5 cm³/mol. The van der Waals surface area contributed by atoms with Gasteiger partial charge in [0, 0.05) is 24.1 Å². The van der Waals surface area contributed by atoms with E-state index in [0.29, 0.717) is 0 Å². The molecule has 19 heavy (non-hydrogen) atoms. The number of methoxy groups -OCH3 is 1. The Labute approximate surface area is 121 Å². The molecule has 0 radical (unpaired) electrons. The zero-order chi connectivity index (χ0) is 13.8. The molecule has 0 aliphatic carbocycles. The molecule has 1 N–H and O–H groups in total. The van der Waals surface area contributed by atoms with Crippen LogP contribution in [0.25, 0.3) is 0 Å². The van der Waals surface area contributed by atoms with Crippen LogP contribution in [-0.2, 0) is 0 Å². The van der Waals surface area contributed by atoms with Gasteiger partial charge in [-0.05, 0) is 41.9 Å². The van der Waals surface area contributed by atoms with Gasteiger partial charge in [0.25, 0.3) is 0 Å². The van der Waals surface area contributed by atoms with Crippen molar-refractivity contribution in [2.45, 2.75) is 19.9 Å². The van der Waals surface area contributed by atoms with E-state index in [1.54, 1.807) is 19.5 Å². The van der Waals surface area contributed by atoms with Gasteiger partial charge in [0.1, 0.15) is 5.75 Å². The van der Waals surface area contributed by atoms with Gasteiger partial charge in [-0.3, -0.25) is 9.97 Å². The summed E-state index contributed by atoms with van der Waals surface area (Å²) in [5.41, 5.74) is 2.87. The number of anilines is 1. The Morgan fingerprint density at radius 1 is 1.26 bits per heavy atom. The highest BCUT2D eigenvalue weighted by Crippen LogP contribution is 2.29. The fourth-order valence-corrected chi connectivity index (χ4v) is 2.32. The van der Waals surface area contributed by atoms with Gasteiger partial charge in [0.2, 0.25) is 0 Å². The lowest BCUT2D eigenvalue weighted by atomic mass is 10.1. The number of nitrogens with zero attached hydrogens (tertiary/aromatic N) is 2. The Kier molecular flexibility index (Phi) is 4.37. The third-order valence-electron chi connectivity index (χ3n) is 2.86. The molecule has 2 aromatic rings. The number of benzene rings is 1. The summed E-state index contributed by atoms with van der Waals surface area (Å²) in [6.45, 7) is 4.02. The quantitative estimate of drug-likeness (QED) is 0.932. The van der Waals surface area contributed by atoms with Crippen LogP contribution in [0, 0.1) is 6.92 Å². The summed E-state index contributed by atoms with van der Waals surface area (Å²) in [6, 6.07) is 5.98. The first-order chi connectivity index (χ1) is 9.11. The second-order valence-corrected chi connectivity index (χ2v) is 5.10. The van der Waals surface area contributed by atoms with Crippen LogP contribution in [-0.4, -0.2) is 17.1 Å². The SMILES string of the molecule is COc1cc(NC(C)c2nccnc2C)ccc1Br. The number of aromatic nitrogens is 2. The first-order valence-corrected chi connectivity index (χ1v) is 6.78. The van der Waals surface area contributed by atoms with E-state index in [1.165, 1.54) is 0 Å². The van der Waals surface area contributed by atoms with Gasteiger partial charge in [-0.15, -0.1) is 0 Å². The lowest BCUT2D eigenvalue weighted by Gasteiger charge is -2.17. The zero-order valence-electron chi connectivity index (χ0n) is 11.1. The van der Waals surface area contributed by atoms with Gasteiger partial charge in [-0.1, -0.05) is 0 Å². The average Bonchev–Trinajstić information content (AvgIpc) is 2.41. The monoisotopic (exact) mass is 321 g/mol. The van der Waals surface area contributed by atoms with Crippen molar-refractivity contribution in [2.75, 3.05) is 12.4 Å². The molecule has 0 aliphatic heterocycles. The maximum atomic E-state index is 5.28. The van der Waals surface area contributed by atoms with Crippen molar-refractivity contribution in [3.05, 3.63) is 46.5 Å². The molecule has 0 spiro atoms. The average molecular weight is 322 g/mol. The molecule has 0 fully saturated rings. The van der Waals surface area contributed by atoms with Gasteiger partial charge in [0.05, 0.1) is 29.0 Å². The van der Waals surface area contributed by atoms with Crippen molar-refractivity contribution < 1.29 is 4.74 Å². The maximum absolute atomic E-state index is 5.28. The molecule has 1 heterocycles. The predicted octanol–water partition coefficient (Wildman–Crippen LogP) is 3.73. The fraction of sp³-hybridized carbons (Fsp3) is 0.286.